The molecule has 6 nitrogen and oxygen atoms in total. The van der Waals surface area contributed by atoms with E-state index in [0.29, 0.717) is 19.8 Å². The van der Waals surface area contributed by atoms with Gasteiger partial charge in [-0.2, -0.15) is 15.0 Å². The molecular formula is C16H24N4O2. The fraction of sp³-hybridized carbons (Fsp3) is 0.500. The Morgan fingerprint density at radius 2 is 2.00 bits per heavy atom. The summed E-state index contributed by atoms with van der Waals surface area (Å²) in [6.07, 6.45) is 1.00. The van der Waals surface area contributed by atoms with Gasteiger partial charge in [0.15, 0.2) is 0 Å². The van der Waals surface area contributed by atoms with Crippen LogP contribution in [-0.4, -0.2) is 46.5 Å². The first-order valence-corrected chi connectivity index (χ1v) is 7.74. The Kier molecular flexibility index (Phi) is 7.02. The van der Waals surface area contributed by atoms with Crippen molar-refractivity contribution in [1.29, 1.82) is 0 Å². The van der Waals surface area contributed by atoms with Gasteiger partial charge in [0.05, 0.1) is 26.4 Å². The van der Waals surface area contributed by atoms with Crippen molar-refractivity contribution in [3.63, 3.8) is 0 Å². The zero-order valence-electron chi connectivity index (χ0n) is 13.0. The van der Waals surface area contributed by atoms with Crippen LogP contribution < -0.4 is 5.32 Å². The van der Waals surface area contributed by atoms with Gasteiger partial charge in [0.1, 0.15) is 11.4 Å². The van der Waals surface area contributed by atoms with Gasteiger partial charge in [0.25, 0.3) is 0 Å². The van der Waals surface area contributed by atoms with Crippen LogP contribution in [0.4, 0.5) is 0 Å². The van der Waals surface area contributed by atoms with E-state index in [-0.39, 0.29) is 6.61 Å². The lowest BCUT2D eigenvalue weighted by Crippen LogP contribution is -2.20. The highest BCUT2D eigenvalue weighted by atomic mass is 16.5. The minimum Gasteiger partial charge on any atom is -0.394 e. The molecule has 6 heteroatoms. The molecule has 22 heavy (non-hydrogen) atoms. The number of nitrogens with one attached hydrogen (secondary N) is 1. The molecule has 1 heterocycles. The summed E-state index contributed by atoms with van der Waals surface area (Å²) in [6, 6.07) is 10.1. The zero-order chi connectivity index (χ0) is 15.6. The lowest BCUT2D eigenvalue weighted by Gasteiger charge is -2.04. The summed E-state index contributed by atoms with van der Waals surface area (Å²) >= 11 is 0. The van der Waals surface area contributed by atoms with Gasteiger partial charge in [-0.3, -0.25) is 0 Å². The Morgan fingerprint density at radius 3 is 2.73 bits per heavy atom. The molecular weight excluding hydrogens is 280 g/mol. The van der Waals surface area contributed by atoms with E-state index in [1.165, 1.54) is 0 Å². The number of nitrogens with zero attached hydrogens (tertiary/aromatic N) is 3. The number of aromatic nitrogens is 3. The third-order valence-electron chi connectivity index (χ3n) is 3.15. The van der Waals surface area contributed by atoms with E-state index in [2.05, 4.69) is 22.4 Å². The van der Waals surface area contributed by atoms with Crippen molar-refractivity contribution in [2.75, 3.05) is 26.4 Å². The quantitative estimate of drug-likeness (QED) is 0.650. The molecule has 1 aromatic carbocycles. The summed E-state index contributed by atoms with van der Waals surface area (Å²) in [6.45, 7) is 5.31. The predicted octanol–water partition coefficient (Wildman–Crippen LogP) is 1.45. The number of aliphatic hydroxyl groups excluding tert-OH is 1. The van der Waals surface area contributed by atoms with E-state index in [1.54, 1.807) is 4.80 Å². The molecule has 2 N–H and O–H groups in total. The van der Waals surface area contributed by atoms with Crippen molar-refractivity contribution in [1.82, 2.24) is 20.3 Å². The van der Waals surface area contributed by atoms with Crippen LogP contribution >= 0.6 is 0 Å². The van der Waals surface area contributed by atoms with Gasteiger partial charge in [-0.15, -0.1) is 0 Å². The Bertz CT molecular complexity index is 542. The zero-order valence-corrected chi connectivity index (χ0v) is 13.0. The monoisotopic (exact) mass is 304 g/mol. The molecule has 0 aliphatic rings. The number of aliphatic hydroxyl groups is 1. The van der Waals surface area contributed by atoms with Crippen LogP contribution in [0.1, 0.15) is 19.0 Å². The fourth-order valence-corrected chi connectivity index (χ4v) is 2.14. The van der Waals surface area contributed by atoms with E-state index in [4.69, 9.17) is 9.84 Å². The molecule has 0 bridgehead atoms. The van der Waals surface area contributed by atoms with Crippen molar-refractivity contribution in [2.45, 2.75) is 26.4 Å². The molecule has 0 aliphatic carbocycles. The van der Waals surface area contributed by atoms with Gasteiger partial charge in [0, 0.05) is 18.7 Å². The molecule has 0 unspecified atom stereocenters. The smallest absolute Gasteiger partial charge is 0.117 e. The highest BCUT2D eigenvalue weighted by Gasteiger charge is 2.12. The van der Waals surface area contributed by atoms with Gasteiger partial charge in [-0.25, -0.2) is 0 Å². The molecule has 0 fully saturated rings. The Morgan fingerprint density at radius 1 is 1.18 bits per heavy atom. The molecule has 2 rings (SSSR count). The van der Waals surface area contributed by atoms with Crippen molar-refractivity contribution < 1.29 is 9.84 Å². The largest absolute Gasteiger partial charge is 0.394 e. The summed E-state index contributed by atoms with van der Waals surface area (Å²) in [4.78, 5) is 1.77. The number of hydrogen-bond acceptors (Lipinski definition) is 5. The van der Waals surface area contributed by atoms with Gasteiger partial charge >= 0.3 is 0 Å². The van der Waals surface area contributed by atoms with Crippen LogP contribution in [0.15, 0.2) is 30.3 Å². The minimum absolute atomic E-state index is 0.0590. The molecule has 0 amide bonds. The predicted molar refractivity (Wildman–Crippen MR) is 85.4 cm³/mol. The maximum Gasteiger partial charge on any atom is 0.117 e. The summed E-state index contributed by atoms with van der Waals surface area (Å²) in [5.41, 5.74) is 2.96. The topological polar surface area (TPSA) is 72.2 Å². The van der Waals surface area contributed by atoms with Crippen molar-refractivity contribution in [2.24, 2.45) is 0 Å². The molecule has 0 atom stereocenters. The summed E-state index contributed by atoms with van der Waals surface area (Å²) in [7, 11) is 0. The van der Waals surface area contributed by atoms with Gasteiger partial charge in [-0.1, -0.05) is 37.3 Å². The molecule has 2 aromatic rings. The molecule has 0 saturated carbocycles. The van der Waals surface area contributed by atoms with Crippen LogP contribution in [0.25, 0.3) is 11.3 Å². The third-order valence-corrected chi connectivity index (χ3v) is 3.15. The second-order valence-corrected chi connectivity index (χ2v) is 4.97. The van der Waals surface area contributed by atoms with Crippen molar-refractivity contribution in [3.8, 4) is 11.3 Å². The van der Waals surface area contributed by atoms with Gasteiger partial charge in [-0.05, 0) is 6.42 Å². The number of rotatable bonds is 10. The maximum atomic E-state index is 8.65. The number of ether oxygens (including phenoxy) is 1. The van der Waals surface area contributed by atoms with E-state index in [0.717, 1.165) is 36.5 Å². The third kappa shape index (κ3) is 4.91. The second kappa shape index (κ2) is 9.30. The maximum absolute atomic E-state index is 8.65. The lowest BCUT2D eigenvalue weighted by molar-refractivity contribution is 0.0937. The SMILES string of the molecule is CCCn1nc(CNCCOCCO)c(-c2ccccc2)n1. The lowest BCUT2D eigenvalue weighted by atomic mass is 10.1. The highest BCUT2D eigenvalue weighted by Crippen LogP contribution is 2.19. The Hall–Kier alpha value is -1.76. The first-order chi connectivity index (χ1) is 10.8. The Labute approximate surface area is 131 Å². The van der Waals surface area contributed by atoms with Gasteiger partial charge in [0.2, 0.25) is 0 Å². The van der Waals surface area contributed by atoms with Crippen molar-refractivity contribution >= 4 is 0 Å². The molecule has 0 saturated heterocycles. The van der Waals surface area contributed by atoms with E-state index in [1.807, 2.05) is 30.3 Å². The average molecular weight is 304 g/mol. The minimum atomic E-state index is 0.0590. The molecule has 0 spiro atoms. The summed E-state index contributed by atoms with van der Waals surface area (Å²) in [5, 5.41) is 21.1. The second-order valence-electron chi connectivity index (χ2n) is 4.97. The van der Waals surface area contributed by atoms with Crippen molar-refractivity contribution in [3.05, 3.63) is 36.0 Å². The van der Waals surface area contributed by atoms with E-state index >= 15 is 0 Å². The highest BCUT2D eigenvalue weighted by molar-refractivity contribution is 5.60. The van der Waals surface area contributed by atoms with E-state index < -0.39 is 0 Å². The van der Waals surface area contributed by atoms with Crippen LogP contribution in [-0.2, 0) is 17.8 Å². The molecule has 1 aromatic heterocycles. The molecule has 0 radical (unpaired) electrons. The van der Waals surface area contributed by atoms with Crippen LogP contribution in [0.5, 0.6) is 0 Å². The summed E-state index contributed by atoms with van der Waals surface area (Å²) in [5.74, 6) is 0. The van der Waals surface area contributed by atoms with Crippen LogP contribution in [0.3, 0.4) is 0 Å². The normalized spacial score (nSPS) is 11.0. The first-order valence-electron chi connectivity index (χ1n) is 7.74. The van der Waals surface area contributed by atoms with Crippen LogP contribution in [0.2, 0.25) is 0 Å². The first kappa shape index (κ1) is 16.6. The fourth-order valence-electron chi connectivity index (χ4n) is 2.14. The number of aryl methyl sites for hydroxylation is 1. The average Bonchev–Trinajstić information content (AvgIpc) is 2.95. The molecule has 120 valence electrons. The number of benzene rings is 1. The molecule has 0 aliphatic heterocycles. The summed E-state index contributed by atoms with van der Waals surface area (Å²) < 4.78 is 5.23. The Balaban J connectivity index is 1.99. The van der Waals surface area contributed by atoms with E-state index in [9.17, 15) is 0 Å². The van der Waals surface area contributed by atoms with Crippen LogP contribution in [0, 0.1) is 0 Å². The standard InChI is InChI=1S/C16H24N4O2/c1-2-9-20-18-15(13-17-8-11-22-12-10-21)16(19-20)14-6-4-3-5-7-14/h3-7,17,21H,2,8-13H2,1H3. The van der Waals surface area contributed by atoms with Gasteiger partial charge < -0.3 is 15.2 Å². The number of hydrogen-bond donors (Lipinski definition) is 2.